The number of amides is 2. The van der Waals surface area contributed by atoms with Crippen LogP contribution in [0, 0.1) is 42.4 Å². The van der Waals surface area contributed by atoms with Crippen LogP contribution in [0.1, 0.15) is 65.9 Å². The number of hydrogen-bond acceptors (Lipinski definition) is 12. The van der Waals surface area contributed by atoms with Crippen LogP contribution >= 0.6 is 0 Å². The number of aromatic nitrogens is 6. The van der Waals surface area contributed by atoms with E-state index in [1.54, 1.807) is 18.6 Å². The van der Waals surface area contributed by atoms with Crippen molar-refractivity contribution in [1.29, 1.82) is 0 Å². The molecule has 8 unspecified atom stereocenters. The third-order valence-corrected chi connectivity index (χ3v) is 14.5. The lowest BCUT2D eigenvalue weighted by Gasteiger charge is -2.36. The van der Waals surface area contributed by atoms with Crippen molar-refractivity contribution in [2.24, 2.45) is 35.5 Å². The topological polar surface area (TPSA) is 155 Å². The Hall–Kier alpha value is -5.22. The van der Waals surface area contributed by atoms with E-state index in [4.69, 9.17) is 4.98 Å². The molecule has 4 aliphatic heterocycles. The monoisotopic (exact) mass is 835 g/mol. The van der Waals surface area contributed by atoms with Crippen LogP contribution in [0.15, 0.2) is 67.6 Å². The third kappa shape index (κ3) is 8.79. The molecule has 61 heavy (non-hydrogen) atoms. The summed E-state index contributed by atoms with van der Waals surface area (Å²) in [4.78, 5) is 52.7. The summed E-state index contributed by atoms with van der Waals surface area (Å²) >= 11 is 0. The highest BCUT2D eigenvalue weighted by molar-refractivity contribution is 5.95. The minimum atomic E-state index is -0.237. The first kappa shape index (κ1) is 41.1. The number of nitrogens with zero attached hydrogens (tertiary/aromatic N) is 12. The SMILES string of the molecule is CC1CC2CN(C(=O)c3cnc(N4CCN(n5cccc5)CC4)nc3)CC2CC1O.Cc1nc(N2CCN(n3cccc3)CC2)ncc1C(=O)N1CC2CC(C)C(O)CC2C1. The Balaban J connectivity index is 0.000000156. The van der Waals surface area contributed by atoms with E-state index in [1.807, 2.05) is 41.0 Å². The van der Waals surface area contributed by atoms with Gasteiger partial charge in [0.25, 0.3) is 11.8 Å². The van der Waals surface area contributed by atoms with Crippen LogP contribution in [0.3, 0.4) is 0 Å². The predicted octanol–water partition coefficient (Wildman–Crippen LogP) is 2.74. The number of rotatable bonds is 6. The normalized spacial score (nSPS) is 28.9. The van der Waals surface area contributed by atoms with Crippen LogP contribution in [0.25, 0.3) is 0 Å². The Morgan fingerprint density at radius 1 is 0.557 bits per heavy atom. The third-order valence-electron chi connectivity index (χ3n) is 14.5. The first-order valence-corrected chi connectivity index (χ1v) is 22.4. The van der Waals surface area contributed by atoms with Crippen LogP contribution in [0.4, 0.5) is 11.9 Å². The molecule has 4 aromatic heterocycles. The number of carbonyl (C=O) groups is 2. The number of aryl methyl sites for hydroxylation is 1. The van der Waals surface area contributed by atoms with Crippen molar-refractivity contribution in [2.75, 3.05) is 98.4 Å². The number of fused-ring (bicyclic) bond motifs is 2. The Kier molecular flexibility index (Phi) is 11.9. The van der Waals surface area contributed by atoms with Crippen molar-refractivity contribution in [3.63, 3.8) is 0 Å². The zero-order chi connectivity index (χ0) is 42.2. The van der Waals surface area contributed by atoms with E-state index in [0.717, 1.165) is 110 Å². The minimum absolute atomic E-state index is 0.00974. The maximum atomic E-state index is 13.2. The van der Waals surface area contributed by atoms with Crippen molar-refractivity contribution in [2.45, 2.75) is 58.7 Å². The van der Waals surface area contributed by atoms with Gasteiger partial charge in [-0.25, -0.2) is 19.9 Å². The summed E-state index contributed by atoms with van der Waals surface area (Å²) in [5, 5.41) is 24.9. The van der Waals surface area contributed by atoms with Crippen LogP contribution in [-0.4, -0.2) is 152 Å². The van der Waals surface area contributed by atoms with E-state index in [1.165, 1.54) is 0 Å². The highest BCUT2D eigenvalue weighted by Crippen LogP contribution is 2.40. The van der Waals surface area contributed by atoms with Gasteiger partial charge in [0.05, 0.1) is 55.2 Å². The summed E-state index contributed by atoms with van der Waals surface area (Å²) in [6.07, 6.45) is 16.4. The molecule has 4 aromatic rings. The summed E-state index contributed by atoms with van der Waals surface area (Å²) in [6.45, 7) is 16.2. The van der Waals surface area contributed by atoms with Gasteiger partial charge in [-0.05, 0) is 92.4 Å². The molecule has 8 atom stereocenters. The molecule has 2 aliphatic carbocycles. The van der Waals surface area contributed by atoms with Crippen LogP contribution < -0.4 is 19.8 Å². The standard InChI is InChI=1S/C23H32N6O2.C22H30N6O2/c1-16-11-18-14-27(15-19(18)12-21(16)30)22(31)20-13-24-23(25-17(20)2)26-7-9-29(10-8-26)28-5-3-4-6-28;1-16-10-17-14-26(15-18(17)11-20(16)29)21(30)19-12-23-22(24-13-19)25-6-8-28(9-7-25)27-4-2-3-5-27/h3-6,13,16,18-19,21,30H,7-12,14-15H2,1-2H3;2-5,12-13,16-18,20,29H,6-11,14-15H2,1H3. The van der Waals surface area contributed by atoms with Gasteiger partial charge in [-0.2, -0.15) is 0 Å². The molecule has 2 N–H and O–H groups in total. The number of likely N-dealkylation sites (tertiary alicyclic amines) is 2. The number of hydrogen-bond donors (Lipinski definition) is 2. The van der Waals surface area contributed by atoms with Crippen molar-refractivity contribution in [1.82, 2.24) is 39.1 Å². The van der Waals surface area contributed by atoms with Gasteiger partial charge >= 0.3 is 0 Å². The first-order valence-electron chi connectivity index (χ1n) is 22.4. The van der Waals surface area contributed by atoms with Crippen LogP contribution in [-0.2, 0) is 0 Å². The van der Waals surface area contributed by atoms with Gasteiger partial charge in [0.2, 0.25) is 11.9 Å². The van der Waals surface area contributed by atoms with E-state index in [2.05, 4.69) is 82.8 Å². The Labute approximate surface area is 358 Å². The molecule has 326 valence electrons. The van der Waals surface area contributed by atoms with E-state index >= 15 is 0 Å². The maximum Gasteiger partial charge on any atom is 0.257 e. The lowest BCUT2D eigenvalue weighted by atomic mass is 9.75. The fraction of sp³-hybridized carbons (Fsp3) is 0.600. The number of anilines is 2. The summed E-state index contributed by atoms with van der Waals surface area (Å²) < 4.78 is 4.24. The summed E-state index contributed by atoms with van der Waals surface area (Å²) in [7, 11) is 0. The Bertz CT molecular complexity index is 2050. The number of piperazine rings is 2. The molecule has 6 fully saturated rings. The molecule has 0 bridgehead atoms. The second-order valence-corrected chi connectivity index (χ2v) is 18.4. The number of carbonyl (C=O) groups excluding carboxylic acids is 2. The fourth-order valence-corrected chi connectivity index (χ4v) is 10.7. The summed E-state index contributed by atoms with van der Waals surface area (Å²) in [5.41, 5.74) is 1.89. The molecule has 4 saturated heterocycles. The zero-order valence-corrected chi connectivity index (χ0v) is 35.9. The van der Waals surface area contributed by atoms with Gasteiger partial charge in [-0.3, -0.25) is 18.9 Å². The van der Waals surface area contributed by atoms with Crippen molar-refractivity contribution < 1.29 is 19.8 Å². The molecule has 8 heterocycles. The lowest BCUT2D eigenvalue weighted by Crippen LogP contribution is -2.51. The molecule has 2 amide bonds. The molecule has 0 aromatic carbocycles. The van der Waals surface area contributed by atoms with Crippen LogP contribution in [0.5, 0.6) is 0 Å². The highest BCUT2D eigenvalue weighted by atomic mass is 16.3. The Morgan fingerprint density at radius 2 is 0.967 bits per heavy atom. The Morgan fingerprint density at radius 3 is 1.43 bits per heavy atom. The summed E-state index contributed by atoms with van der Waals surface area (Å²) in [6, 6.07) is 8.13. The maximum absolute atomic E-state index is 13.2. The largest absolute Gasteiger partial charge is 0.393 e. The van der Waals surface area contributed by atoms with Gasteiger partial charge in [0.1, 0.15) is 0 Å². The van der Waals surface area contributed by atoms with Crippen molar-refractivity contribution >= 4 is 23.7 Å². The van der Waals surface area contributed by atoms with Gasteiger partial charge in [0.15, 0.2) is 0 Å². The molecule has 10 rings (SSSR count). The molecule has 2 saturated carbocycles. The van der Waals surface area contributed by atoms with E-state index in [0.29, 0.717) is 58.5 Å². The number of aliphatic hydroxyl groups is 2. The smallest absolute Gasteiger partial charge is 0.257 e. The molecule has 0 spiro atoms. The van der Waals surface area contributed by atoms with Gasteiger partial charge < -0.3 is 39.8 Å². The fourth-order valence-electron chi connectivity index (χ4n) is 10.7. The summed E-state index contributed by atoms with van der Waals surface area (Å²) in [5.74, 6) is 3.89. The molecular weight excluding hydrogens is 773 g/mol. The molecule has 0 radical (unpaired) electrons. The minimum Gasteiger partial charge on any atom is -0.393 e. The molecule has 16 nitrogen and oxygen atoms in total. The van der Waals surface area contributed by atoms with E-state index in [9.17, 15) is 19.8 Å². The zero-order valence-electron chi connectivity index (χ0n) is 35.9. The van der Waals surface area contributed by atoms with Gasteiger partial charge in [0, 0.05) is 95.7 Å². The van der Waals surface area contributed by atoms with E-state index in [-0.39, 0.29) is 24.0 Å². The second kappa shape index (κ2) is 17.6. The first-order chi connectivity index (χ1) is 29.6. The molecule has 6 aliphatic rings. The van der Waals surface area contributed by atoms with Gasteiger partial charge in [-0.15, -0.1) is 0 Å². The average Bonchev–Trinajstić information content (AvgIpc) is 4.13. The lowest BCUT2D eigenvalue weighted by molar-refractivity contribution is 0.0382. The molecular formula is C45H62N12O4. The van der Waals surface area contributed by atoms with Gasteiger partial charge in [-0.1, -0.05) is 13.8 Å². The number of aliphatic hydroxyl groups excluding tert-OH is 2. The van der Waals surface area contributed by atoms with Crippen LogP contribution in [0.2, 0.25) is 0 Å². The predicted molar refractivity (Wildman–Crippen MR) is 233 cm³/mol. The molecule has 16 heteroatoms. The van der Waals surface area contributed by atoms with E-state index < -0.39 is 0 Å². The van der Waals surface area contributed by atoms with Crippen molar-refractivity contribution in [3.8, 4) is 0 Å². The average molecular weight is 835 g/mol. The second-order valence-electron chi connectivity index (χ2n) is 18.4. The van der Waals surface area contributed by atoms with Crippen molar-refractivity contribution in [3.05, 3.63) is 84.5 Å². The highest BCUT2D eigenvalue weighted by Gasteiger charge is 2.43. The quantitative estimate of drug-likeness (QED) is 0.294.